The average molecular weight is 411 g/mol. The first kappa shape index (κ1) is 19.4. The number of rotatable bonds is 5. The minimum atomic E-state index is -4.41. The Hall–Kier alpha value is -2.38. The molecule has 3 nitrogen and oxygen atoms in total. The normalized spacial score (nSPS) is 11.4. The number of hydrogen-bond donors (Lipinski definition) is 1. The lowest BCUT2D eigenvalue weighted by Gasteiger charge is -2.09. The Labute approximate surface area is 162 Å². The van der Waals surface area contributed by atoms with E-state index in [1.807, 2.05) is 18.2 Å². The topological polar surface area (TPSA) is 42.0 Å². The fraction of sp³-hybridized carbons (Fsp3) is 0.158. The van der Waals surface area contributed by atoms with E-state index in [0.717, 1.165) is 17.7 Å². The molecule has 0 bridgehead atoms. The lowest BCUT2D eigenvalue weighted by molar-refractivity contribution is -0.137. The molecule has 1 aromatic heterocycles. The van der Waals surface area contributed by atoms with Crippen molar-refractivity contribution in [1.82, 2.24) is 10.3 Å². The van der Waals surface area contributed by atoms with E-state index in [0.29, 0.717) is 21.3 Å². The van der Waals surface area contributed by atoms with Crippen LogP contribution in [0.2, 0.25) is 5.02 Å². The van der Waals surface area contributed by atoms with Crippen molar-refractivity contribution in [2.24, 2.45) is 0 Å². The Kier molecular flexibility index (Phi) is 5.82. The van der Waals surface area contributed by atoms with Crippen molar-refractivity contribution in [1.29, 1.82) is 0 Å². The monoisotopic (exact) mass is 410 g/mol. The van der Waals surface area contributed by atoms with Gasteiger partial charge in [0.25, 0.3) is 0 Å². The molecular weight excluding hydrogens is 397 g/mol. The third-order valence-electron chi connectivity index (χ3n) is 3.74. The fourth-order valence-corrected chi connectivity index (χ4v) is 3.57. The lowest BCUT2D eigenvalue weighted by atomic mass is 10.1. The van der Waals surface area contributed by atoms with E-state index in [1.165, 1.54) is 23.5 Å². The smallest absolute Gasteiger partial charge is 0.352 e. The number of benzene rings is 2. The molecule has 1 heterocycles. The van der Waals surface area contributed by atoms with Crippen LogP contribution in [-0.2, 0) is 23.9 Å². The van der Waals surface area contributed by atoms with E-state index >= 15 is 0 Å². The molecule has 3 rings (SSSR count). The van der Waals surface area contributed by atoms with Gasteiger partial charge in [-0.25, -0.2) is 4.98 Å². The lowest BCUT2D eigenvalue weighted by Crippen LogP contribution is -2.24. The molecule has 0 aliphatic heterocycles. The summed E-state index contributed by atoms with van der Waals surface area (Å²) in [6, 6.07) is 12.2. The highest BCUT2D eigenvalue weighted by molar-refractivity contribution is 7.13. The summed E-state index contributed by atoms with van der Waals surface area (Å²) in [6.45, 7) is 0.0181. The minimum absolute atomic E-state index is 0.0181. The molecule has 0 saturated heterocycles. The minimum Gasteiger partial charge on any atom is -0.352 e. The summed E-state index contributed by atoms with van der Waals surface area (Å²) in [6.07, 6.45) is -4.37. The van der Waals surface area contributed by atoms with Gasteiger partial charge >= 0.3 is 6.18 Å². The van der Waals surface area contributed by atoms with Crippen LogP contribution in [0.25, 0.3) is 10.6 Å². The number of carbonyl (C=O) groups excluding carboxylic acids is 1. The molecule has 1 N–H and O–H groups in total. The number of nitrogens with zero attached hydrogens (tertiary/aromatic N) is 1. The maximum absolute atomic E-state index is 12.7. The summed E-state index contributed by atoms with van der Waals surface area (Å²) in [5.41, 5.74) is 1.02. The molecule has 0 aliphatic carbocycles. The van der Waals surface area contributed by atoms with Gasteiger partial charge in [-0.1, -0.05) is 41.9 Å². The van der Waals surface area contributed by atoms with Crippen LogP contribution in [0.5, 0.6) is 0 Å². The van der Waals surface area contributed by atoms with E-state index < -0.39 is 11.7 Å². The first-order chi connectivity index (χ1) is 12.8. The molecule has 0 spiro atoms. The molecule has 2 aromatic carbocycles. The number of nitrogens with one attached hydrogen (secondary N) is 1. The maximum atomic E-state index is 12.7. The third kappa shape index (κ3) is 5.08. The largest absolute Gasteiger partial charge is 0.416 e. The molecule has 0 unspecified atom stereocenters. The number of aromatic nitrogens is 1. The molecule has 0 fully saturated rings. The molecule has 0 aliphatic rings. The number of halogens is 4. The van der Waals surface area contributed by atoms with Gasteiger partial charge in [-0.3, -0.25) is 4.79 Å². The molecule has 27 heavy (non-hydrogen) atoms. The van der Waals surface area contributed by atoms with E-state index in [-0.39, 0.29) is 18.9 Å². The van der Waals surface area contributed by atoms with Gasteiger partial charge in [-0.05, 0) is 23.8 Å². The molecule has 140 valence electrons. The van der Waals surface area contributed by atoms with Gasteiger partial charge in [0, 0.05) is 17.5 Å². The highest BCUT2D eigenvalue weighted by Crippen LogP contribution is 2.30. The number of carbonyl (C=O) groups is 1. The highest BCUT2D eigenvalue weighted by Gasteiger charge is 2.30. The van der Waals surface area contributed by atoms with Gasteiger partial charge in [0.2, 0.25) is 5.91 Å². The van der Waals surface area contributed by atoms with Crippen LogP contribution < -0.4 is 5.32 Å². The van der Waals surface area contributed by atoms with Crippen LogP contribution in [0.15, 0.2) is 53.9 Å². The summed E-state index contributed by atoms with van der Waals surface area (Å²) >= 11 is 7.52. The zero-order chi connectivity index (χ0) is 19.4. The molecule has 8 heteroatoms. The third-order valence-corrected chi connectivity index (χ3v) is 5.00. The second-order valence-electron chi connectivity index (χ2n) is 5.78. The van der Waals surface area contributed by atoms with Gasteiger partial charge in [-0.15, -0.1) is 11.3 Å². The standard InChI is InChI=1S/C19H14ClF3N2OS/c20-16-7-2-1-6-15(16)18-25-14(11-27-18)9-17(26)24-10-12-4-3-5-13(8-12)19(21,22)23/h1-8,11H,9-10H2,(H,24,26). The van der Waals surface area contributed by atoms with E-state index in [4.69, 9.17) is 11.6 Å². The first-order valence-corrected chi connectivity index (χ1v) is 9.21. The first-order valence-electron chi connectivity index (χ1n) is 7.95. The summed E-state index contributed by atoms with van der Waals surface area (Å²) in [4.78, 5) is 16.5. The Balaban J connectivity index is 1.60. The van der Waals surface area contributed by atoms with Crippen LogP contribution in [0, 0.1) is 0 Å². The number of thiazole rings is 1. The van der Waals surface area contributed by atoms with Gasteiger partial charge in [0.05, 0.1) is 22.7 Å². The Morgan fingerprint density at radius 2 is 1.93 bits per heavy atom. The number of amides is 1. The van der Waals surface area contributed by atoms with Crippen LogP contribution in [0.1, 0.15) is 16.8 Å². The predicted octanol–water partition coefficient (Wildman–Crippen LogP) is 5.34. The number of hydrogen-bond acceptors (Lipinski definition) is 3. The second kappa shape index (κ2) is 8.10. The fourth-order valence-electron chi connectivity index (χ4n) is 2.43. The zero-order valence-electron chi connectivity index (χ0n) is 13.9. The van der Waals surface area contributed by atoms with Crippen molar-refractivity contribution >= 4 is 28.8 Å². The van der Waals surface area contributed by atoms with Gasteiger partial charge in [0.1, 0.15) is 5.01 Å². The summed E-state index contributed by atoms with van der Waals surface area (Å²) in [5.74, 6) is -0.316. The van der Waals surface area contributed by atoms with Gasteiger partial charge < -0.3 is 5.32 Å². The zero-order valence-corrected chi connectivity index (χ0v) is 15.5. The summed E-state index contributed by atoms with van der Waals surface area (Å²) in [5, 5.41) is 5.67. The van der Waals surface area contributed by atoms with Crippen molar-refractivity contribution in [2.45, 2.75) is 19.1 Å². The van der Waals surface area contributed by atoms with Gasteiger partial charge in [0.15, 0.2) is 0 Å². The van der Waals surface area contributed by atoms with Crippen LogP contribution in [0.3, 0.4) is 0 Å². The maximum Gasteiger partial charge on any atom is 0.416 e. The second-order valence-corrected chi connectivity index (χ2v) is 7.04. The van der Waals surface area contributed by atoms with Crippen molar-refractivity contribution in [3.8, 4) is 10.6 Å². The number of alkyl halides is 3. The Bertz CT molecular complexity index is 956. The van der Waals surface area contributed by atoms with E-state index in [1.54, 1.807) is 11.4 Å². The molecule has 0 radical (unpaired) electrons. The van der Waals surface area contributed by atoms with Crippen molar-refractivity contribution in [2.75, 3.05) is 0 Å². The quantitative estimate of drug-likeness (QED) is 0.616. The molecular formula is C19H14ClF3N2OS. The molecule has 0 saturated carbocycles. The average Bonchev–Trinajstić information content (AvgIpc) is 3.08. The van der Waals surface area contributed by atoms with Gasteiger partial charge in [-0.2, -0.15) is 13.2 Å². The Morgan fingerprint density at radius 3 is 2.67 bits per heavy atom. The predicted molar refractivity (Wildman–Crippen MR) is 99.6 cm³/mol. The van der Waals surface area contributed by atoms with Crippen molar-refractivity contribution < 1.29 is 18.0 Å². The van der Waals surface area contributed by atoms with Crippen LogP contribution in [0.4, 0.5) is 13.2 Å². The summed E-state index contributed by atoms with van der Waals surface area (Å²) < 4.78 is 38.2. The molecule has 3 aromatic rings. The SMILES string of the molecule is O=C(Cc1csc(-c2ccccc2Cl)n1)NCc1cccc(C(F)(F)F)c1. The molecule has 0 atom stereocenters. The highest BCUT2D eigenvalue weighted by atomic mass is 35.5. The van der Waals surface area contributed by atoms with Crippen molar-refractivity contribution in [3.05, 3.63) is 75.8 Å². The van der Waals surface area contributed by atoms with Crippen molar-refractivity contribution in [3.63, 3.8) is 0 Å². The van der Waals surface area contributed by atoms with E-state index in [2.05, 4.69) is 10.3 Å². The van der Waals surface area contributed by atoms with Crippen LogP contribution in [-0.4, -0.2) is 10.9 Å². The summed E-state index contributed by atoms with van der Waals surface area (Å²) in [7, 11) is 0. The Morgan fingerprint density at radius 1 is 1.15 bits per heavy atom. The van der Waals surface area contributed by atoms with E-state index in [9.17, 15) is 18.0 Å². The molecule has 1 amide bonds. The van der Waals surface area contributed by atoms with Crippen LogP contribution >= 0.6 is 22.9 Å².